The first-order valence-electron chi connectivity index (χ1n) is 14.2. The minimum Gasteiger partial charge on any atom is -0.399 e. The third kappa shape index (κ3) is 5.57. The molecular weight excluding hydrogens is 501 g/mol. The fourth-order valence-corrected chi connectivity index (χ4v) is 6.16. The molecule has 0 saturated carbocycles. The Morgan fingerprint density at radius 2 is 2.00 bits per heavy atom. The predicted molar refractivity (Wildman–Crippen MR) is 145 cm³/mol. The number of ether oxygens (including phenoxy) is 1. The van der Waals surface area contributed by atoms with E-state index in [2.05, 4.69) is 5.16 Å². The second-order valence-electron chi connectivity index (χ2n) is 11.0. The number of fused-ring (bicyclic) bond motifs is 2. The van der Waals surface area contributed by atoms with Crippen molar-refractivity contribution in [3.8, 4) is 0 Å². The molecule has 0 N–H and O–H groups in total. The fraction of sp³-hybridized carbons (Fsp3) is 0.586. The second kappa shape index (κ2) is 11.5. The van der Waals surface area contributed by atoms with Crippen LogP contribution in [0.5, 0.6) is 0 Å². The molecule has 1 fully saturated rings. The zero-order valence-electron chi connectivity index (χ0n) is 23.2. The van der Waals surface area contributed by atoms with Crippen molar-refractivity contribution in [2.45, 2.75) is 71.8 Å². The van der Waals surface area contributed by atoms with Gasteiger partial charge in [-0.1, -0.05) is 5.16 Å². The standard InChI is InChI=1S/C29H39FN5O4/c1-4-33(5-2)29(37)38-19-35(17-13-23-20(3)31-26-8-6-7-14-34(26)28(23)36)15-11-21(12-16-35)27-24-10-9-22(30)18-25(24)39-32-27/h9-10,18,21H,4-8,11-17,19H2,1-3H3/q+1. The first kappa shape index (κ1) is 27.3. The summed E-state index contributed by atoms with van der Waals surface area (Å²) in [5, 5.41) is 5.14. The summed E-state index contributed by atoms with van der Waals surface area (Å²) in [7, 11) is 0. The summed E-state index contributed by atoms with van der Waals surface area (Å²) < 4.78 is 27.4. The molecule has 1 saturated heterocycles. The Labute approximate surface area is 228 Å². The average molecular weight is 541 g/mol. The molecule has 10 heteroatoms. The van der Waals surface area contributed by atoms with Gasteiger partial charge in [0.1, 0.15) is 11.6 Å². The number of rotatable bonds is 8. The molecular formula is C29H39FN5O4+. The molecule has 2 aliphatic rings. The lowest BCUT2D eigenvalue weighted by Crippen LogP contribution is -2.56. The van der Waals surface area contributed by atoms with Crippen molar-refractivity contribution in [2.24, 2.45) is 0 Å². The summed E-state index contributed by atoms with van der Waals surface area (Å²) >= 11 is 0. The van der Waals surface area contributed by atoms with Crippen LogP contribution in [-0.2, 0) is 24.1 Å². The lowest BCUT2D eigenvalue weighted by atomic mass is 9.90. The van der Waals surface area contributed by atoms with Gasteiger partial charge in [-0.2, -0.15) is 0 Å². The first-order chi connectivity index (χ1) is 18.8. The Bertz CT molecular complexity index is 1390. The monoisotopic (exact) mass is 540 g/mol. The molecule has 2 aromatic heterocycles. The molecule has 1 amide bonds. The molecule has 9 nitrogen and oxygen atoms in total. The number of amides is 1. The van der Waals surface area contributed by atoms with E-state index in [1.165, 1.54) is 12.1 Å². The zero-order chi connectivity index (χ0) is 27.6. The number of halogens is 1. The van der Waals surface area contributed by atoms with Crippen LogP contribution in [0.25, 0.3) is 11.0 Å². The van der Waals surface area contributed by atoms with E-state index < -0.39 is 0 Å². The van der Waals surface area contributed by atoms with Gasteiger partial charge >= 0.3 is 6.09 Å². The van der Waals surface area contributed by atoms with E-state index in [0.29, 0.717) is 36.1 Å². The fourth-order valence-electron chi connectivity index (χ4n) is 6.16. The third-order valence-corrected chi connectivity index (χ3v) is 8.65. The van der Waals surface area contributed by atoms with E-state index in [4.69, 9.17) is 14.2 Å². The highest BCUT2D eigenvalue weighted by Crippen LogP contribution is 2.35. The van der Waals surface area contributed by atoms with Crippen LogP contribution in [0.15, 0.2) is 27.5 Å². The van der Waals surface area contributed by atoms with Crippen LogP contribution in [0.3, 0.4) is 0 Å². The number of carbonyl (C=O) groups is 1. The van der Waals surface area contributed by atoms with E-state index in [9.17, 15) is 14.0 Å². The van der Waals surface area contributed by atoms with Gasteiger partial charge in [-0.25, -0.2) is 14.2 Å². The molecule has 4 heterocycles. The normalized spacial score (nSPS) is 21.1. The number of piperidine rings is 1. The maximum Gasteiger partial charge on any atom is 0.414 e. The Balaban J connectivity index is 1.35. The molecule has 1 aromatic carbocycles. The third-order valence-electron chi connectivity index (χ3n) is 8.65. The van der Waals surface area contributed by atoms with Crippen molar-refractivity contribution in [1.82, 2.24) is 19.6 Å². The van der Waals surface area contributed by atoms with Gasteiger partial charge in [0.05, 0.1) is 25.3 Å². The van der Waals surface area contributed by atoms with Crippen LogP contribution in [0.1, 0.15) is 68.2 Å². The Kier molecular flexibility index (Phi) is 8.02. The summed E-state index contributed by atoms with van der Waals surface area (Å²) in [5.41, 5.74) is 2.96. The molecule has 0 radical (unpaired) electrons. The van der Waals surface area contributed by atoms with Crippen molar-refractivity contribution >= 4 is 17.1 Å². The van der Waals surface area contributed by atoms with Gasteiger partial charge in [0, 0.05) is 73.9 Å². The van der Waals surface area contributed by atoms with Crippen molar-refractivity contribution in [3.63, 3.8) is 0 Å². The number of carbonyl (C=O) groups excluding carboxylic acids is 1. The summed E-state index contributed by atoms with van der Waals surface area (Å²) in [6.45, 7) is 10.2. The minimum absolute atomic E-state index is 0.0756. The summed E-state index contributed by atoms with van der Waals surface area (Å²) in [6, 6.07) is 4.54. The number of hydrogen-bond donors (Lipinski definition) is 0. The maximum atomic E-state index is 13.7. The minimum atomic E-state index is -0.345. The highest BCUT2D eigenvalue weighted by atomic mass is 19.1. The topological polar surface area (TPSA) is 90.5 Å². The van der Waals surface area contributed by atoms with Crippen molar-refractivity contribution in [1.29, 1.82) is 0 Å². The van der Waals surface area contributed by atoms with Crippen molar-refractivity contribution in [2.75, 3.05) is 39.5 Å². The van der Waals surface area contributed by atoms with E-state index in [0.717, 1.165) is 79.9 Å². The molecule has 0 spiro atoms. The Morgan fingerprint density at radius 3 is 2.74 bits per heavy atom. The van der Waals surface area contributed by atoms with Crippen LogP contribution >= 0.6 is 0 Å². The average Bonchev–Trinajstić information content (AvgIpc) is 3.36. The molecule has 0 atom stereocenters. The molecule has 3 aromatic rings. The SMILES string of the molecule is CCN(CC)C(=O)OC[N+]1(CCc2c(C)nc3n(c2=O)CCCC3)CCC(c2noc3cc(F)ccc23)CC1. The number of aromatic nitrogens is 3. The van der Waals surface area contributed by atoms with Crippen molar-refractivity contribution in [3.05, 3.63) is 57.1 Å². The van der Waals surface area contributed by atoms with Crippen LogP contribution in [-0.4, -0.2) is 69.6 Å². The Morgan fingerprint density at radius 1 is 1.23 bits per heavy atom. The van der Waals surface area contributed by atoms with E-state index in [1.807, 2.05) is 25.3 Å². The van der Waals surface area contributed by atoms with E-state index in [1.54, 1.807) is 11.0 Å². The van der Waals surface area contributed by atoms with Gasteiger partial charge < -0.3 is 14.2 Å². The lowest BCUT2D eigenvalue weighted by Gasteiger charge is -2.43. The smallest absolute Gasteiger partial charge is 0.399 e. The molecule has 0 aliphatic carbocycles. The first-order valence-corrected chi connectivity index (χ1v) is 14.2. The maximum absolute atomic E-state index is 13.7. The number of aryl methyl sites for hydroxylation is 2. The predicted octanol–water partition coefficient (Wildman–Crippen LogP) is 4.54. The summed E-state index contributed by atoms with van der Waals surface area (Å²) in [6.07, 6.45) is 4.84. The quantitative estimate of drug-likeness (QED) is 0.390. The molecule has 0 bridgehead atoms. The molecule has 2 aliphatic heterocycles. The van der Waals surface area contributed by atoms with Gasteiger partial charge in [-0.3, -0.25) is 13.8 Å². The summed E-state index contributed by atoms with van der Waals surface area (Å²) in [5.74, 6) is 0.715. The van der Waals surface area contributed by atoms with Gasteiger partial charge in [-0.05, 0) is 45.7 Å². The zero-order valence-corrected chi connectivity index (χ0v) is 23.2. The second-order valence-corrected chi connectivity index (χ2v) is 11.0. The van der Waals surface area contributed by atoms with Gasteiger partial charge in [0.25, 0.3) is 5.56 Å². The van der Waals surface area contributed by atoms with Crippen LogP contribution in [0.4, 0.5) is 9.18 Å². The number of likely N-dealkylation sites (tertiary alicyclic amines) is 1. The van der Waals surface area contributed by atoms with Crippen LogP contribution in [0.2, 0.25) is 0 Å². The number of quaternary nitrogens is 1. The lowest BCUT2D eigenvalue weighted by molar-refractivity contribution is -0.948. The number of hydrogen-bond acceptors (Lipinski definition) is 6. The van der Waals surface area contributed by atoms with Crippen molar-refractivity contribution < 1.29 is 22.9 Å². The molecule has 0 unspecified atom stereocenters. The van der Waals surface area contributed by atoms with Gasteiger partial charge in [-0.15, -0.1) is 0 Å². The number of benzene rings is 1. The number of nitrogens with zero attached hydrogens (tertiary/aromatic N) is 5. The van der Waals surface area contributed by atoms with Crippen LogP contribution < -0.4 is 5.56 Å². The molecule has 39 heavy (non-hydrogen) atoms. The Hall–Kier alpha value is -3.27. The van der Waals surface area contributed by atoms with Crippen LogP contribution in [0, 0.1) is 12.7 Å². The van der Waals surface area contributed by atoms with Gasteiger partial charge in [0.15, 0.2) is 5.58 Å². The van der Waals surface area contributed by atoms with Gasteiger partial charge in [0.2, 0.25) is 6.73 Å². The van der Waals surface area contributed by atoms with E-state index >= 15 is 0 Å². The largest absolute Gasteiger partial charge is 0.414 e. The van der Waals surface area contributed by atoms with E-state index in [-0.39, 0.29) is 30.1 Å². The molecule has 210 valence electrons. The molecule has 5 rings (SSSR count). The highest BCUT2D eigenvalue weighted by Gasteiger charge is 2.38. The summed E-state index contributed by atoms with van der Waals surface area (Å²) in [4.78, 5) is 32.6. The highest BCUT2D eigenvalue weighted by molar-refractivity contribution is 5.79.